The molecule has 31 heavy (non-hydrogen) atoms. The first kappa shape index (κ1) is 21.7. The van der Waals surface area contributed by atoms with Crippen LogP contribution >= 0.6 is 0 Å². The molecule has 1 aromatic carbocycles. The van der Waals surface area contributed by atoms with Crippen LogP contribution < -0.4 is 14.4 Å². The minimum Gasteiger partial charge on any atom is -0.489 e. The van der Waals surface area contributed by atoms with Gasteiger partial charge in [0.05, 0.1) is 13.2 Å². The van der Waals surface area contributed by atoms with E-state index in [1.165, 1.54) is 18.4 Å². The Hall–Kier alpha value is -2.56. The lowest BCUT2D eigenvalue weighted by atomic mass is 9.94. The molecule has 0 N–H and O–H groups in total. The zero-order chi connectivity index (χ0) is 21.6. The van der Waals surface area contributed by atoms with E-state index < -0.39 is 0 Å². The second-order valence-electron chi connectivity index (χ2n) is 9.04. The van der Waals surface area contributed by atoms with Crippen molar-refractivity contribution >= 4 is 11.5 Å². The van der Waals surface area contributed by atoms with Crippen molar-refractivity contribution in [1.82, 2.24) is 4.98 Å². The number of anilines is 1. The van der Waals surface area contributed by atoms with Gasteiger partial charge in [-0.1, -0.05) is 26.0 Å². The first-order valence-corrected chi connectivity index (χ1v) is 11.7. The number of carbonyl (C=O) groups is 1. The molecule has 0 amide bonds. The average Bonchev–Trinajstić information content (AvgIpc) is 3.49. The fraction of sp³-hybridized carbons (Fsp3) is 0.538. The van der Waals surface area contributed by atoms with E-state index in [0.29, 0.717) is 18.6 Å². The number of hydrogen-bond donors (Lipinski definition) is 0. The largest absolute Gasteiger partial charge is 0.489 e. The van der Waals surface area contributed by atoms with Crippen LogP contribution in [0.15, 0.2) is 42.6 Å². The highest BCUT2D eigenvalue weighted by molar-refractivity contribution is 5.79. The van der Waals surface area contributed by atoms with Gasteiger partial charge in [-0.25, -0.2) is 4.98 Å². The van der Waals surface area contributed by atoms with Crippen molar-refractivity contribution in [3.05, 3.63) is 48.2 Å². The van der Waals surface area contributed by atoms with Crippen LogP contribution in [-0.2, 0) is 4.79 Å². The SMILES string of the molecule is CCCC(=O)C[C@@H](C)c1ccc(OC2CCN(c3ccnc(OCC4CC4)c3)C2)cc1. The molecular weight excluding hydrogens is 388 g/mol. The summed E-state index contributed by atoms with van der Waals surface area (Å²) in [5.74, 6) is 2.93. The van der Waals surface area contributed by atoms with Crippen molar-refractivity contribution in [2.75, 3.05) is 24.6 Å². The molecule has 166 valence electrons. The minimum atomic E-state index is 0.165. The Kier molecular flexibility index (Phi) is 7.10. The van der Waals surface area contributed by atoms with Crippen molar-refractivity contribution in [1.29, 1.82) is 0 Å². The van der Waals surface area contributed by atoms with Crippen LogP contribution in [0.5, 0.6) is 11.6 Å². The molecule has 0 bridgehead atoms. The predicted octanol–water partition coefficient (Wildman–Crippen LogP) is 5.39. The first-order chi connectivity index (χ1) is 15.1. The highest BCUT2D eigenvalue weighted by Crippen LogP contribution is 2.31. The third-order valence-corrected chi connectivity index (χ3v) is 6.21. The molecule has 1 saturated carbocycles. The summed E-state index contributed by atoms with van der Waals surface area (Å²) in [6.45, 7) is 6.77. The van der Waals surface area contributed by atoms with E-state index in [4.69, 9.17) is 9.47 Å². The van der Waals surface area contributed by atoms with Gasteiger partial charge in [0.25, 0.3) is 0 Å². The molecule has 0 spiro atoms. The molecule has 1 aliphatic carbocycles. The molecule has 1 saturated heterocycles. The number of hydrogen-bond acceptors (Lipinski definition) is 5. The van der Waals surface area contributed by atoms with Gasteiger partial charge < -0.3 is 14.4 Å². The van der Waals surface area contributed by atoms with E-state index in [2.05, 4.69) is 35.9 Å². The van der Waals surface area contributed by atoms with Gasteiger partial charge in [-0.05, 0) is 54.9 Å². The van der Waals surface area contributed by atoms with E-state index in [0.717, 1.165) is 55.8 Å². The Bertz CT molecular complexity index is 863. The topological polar surface area (TPSA) is 51.7 Å². The average molecular weight is 423 g/mol. The Morgan fingerprint density at radius 2 is 2.00 bits per heavy atom. The number of rotatable bonds is 11. The Labute approximate surface area is 185 Å². The van der Waals surface area contributed by atoms with Crippen LogP contribution in [0.3, 0.4) is 0 Å². The number of aromatic nitrogens is 1. The highest BCUT2D eigenvalue weighted by atomic mass is 16.5. The zero-order valence-corrected chi connectivity index (χ0v) is 18.8. The van der Waals surface area contributed by atoms with E-state index in [1.54, 1.807) is 0 Å². The predicted molar refractivity (Wildman–Crippen MR) is 123 cm³/mol. The number of ketones is 1. The van der Waals surface area contributed by atoms with E-state index in [-0.39, 0.29) is 12.0 Å². The fourth-order valence-corrected chi connectivity index (χ4v) is 4.13. The second kappa shape index (κ2) is 10.2. The Morgan fingerprint density at radius 1 is 1.19 bits per heavy atom. The minimum absolute atomic E-state index is 0.165. The molecule has 2 atom stereocenters. The summed E-state index contributed by atoms with van der Waals surface area (Å²) >= 11 is 0. The molecule has 2 fully saturated rings. The molecule has 0 radical (unpaired) electrons. The number of ether oxygens (including phenoxy) is 2. The van der Waals surface area contributed by atoms with Crippen LogP contribution in [-0.4, -0.2) is 36.6 Å². The van der Waals surface area contributed by atoms with Crippen LogP contribution in [0.2, 0.25) is 0 Å². The zero-order valence-electron chi connectivity index (χ0n) is 18.8. The van der Waals surface area contributed by atoms with Gasteiger partial charge in [0.1, 0.15) is 17.6 Å². The number of carbonyl (C=O) groups excluding carboxylic acids is 1. The summed E-state index contributed by atoms with van der Waals surface area (Å²) in [5.41, 5.74) is 2.34. The van der Waals surface area contributed by atoms with Gasteiger partial charge >= 0.3 is 0 Å². The van der Waals surface area contributed by atoms with Crippen LogP contribution in [0.4, 0.5) is 5.69 Å². The van der Waals surface area contributed by atoms with E-state index in [1.807, 2.05) is 30.5 Å². The van der Waals surface area contributed by atoms with Gasteiger partial charge in [0.15, 0.2) is 0 Å². The van der Waals surface area contributed by atoms with E-state index >= 15 is 0 Å². The van der Waals surface area contributed by atoms with Crippen molar-refractivity contribution < 1.29 is 14.3 Å². The lowest BCUT2D eigenvalue weighted by molar-refractivity contribution is -0.119. The summed E-state index contributed by atoms with van der Waals surface area (Å²) in [4.78, 5) is 18.6. The monoisotopic (exact) mass is 422 g/mol. The van der Waals surface area contributed by atoms with Crippen LogP contribution in [0, 0.1) is 5.92 Å². The molecule has 1 aromatic heterocycles. The molecule has 4 rings (SSSR count). The summed E-state index contributed by atoms with van der Waals surface area (Å²) < 4.78 is 12.1. The van der Waals surface area contributed by atoms with Crippen molar-refractivity contribution in [2.45, 2.75) is 64.4 Å². The van der Waals surface area contributed by atoms with Gasteiger partial charge in [0.2, 0.25) is 5.88 Å². The maximum atomic E-state index is 11.9. The Balaban J connectivity index is 1.28. The normalized spacial score (nSPS) is 19.3. The molecule has 5 heteroatoms. The lowest BCUT2D eigenvalue weighted by Crippen LogP contribution is -2.24. The molecule has 2 heterocycles. The van der Waals surface area contributed by atoms with Crippen LogP contribution in [0.25, 0.3) is 0 Å². The molecule has 5 nitrogen and oxygen atoms in total. The molecule has 1 unspecified atom stereocenters. The first-order valence-electron chi connectivity index (χ1n) is 11.7. The maximum absolute atomic E-state index is 11.9. The number of pyridine rings is 1. The highest BCUT2D eigenvalue weighted by Gasteiger charge is 2.25. The summed E-state index contributed by atoms with van der Waals surface area (Å²) in [6.07, 6.45) is 7.76. The second-order valence-corrected chi connectivity index (χ2v) is 9.04. The molecular formula is C26H34N2O3. The maximum Gasteiger partial charge on any atom is 0.215 e. The smallest absolute Gasteiger partial charge is 0.215 e. The number of Topliss-reactive ketones (excluding diaryl/α,β-unsaturated/α-hetero) is 1. The van der Waals surface area contributed by atoms with Gasteiger partial charge in [-0.3, -0.25) is 4.79 Å². The fourth-order valence-electron chi connectivity index (χ4n) is 4.13. The lowest BCUT2D eigenvalue weighted by Gasteiger charge is -2.20. The van der Waals surface area contributed by atoms with Gasteiger partial charge in [-0.2, -0.15) is 0 Å². The molecule has 1 aliphatic heterocycles. The Morgan fingerprint density at radius 3 is 2.74 bits per heavy atom. The third kappa shape index (κ3) is 6.22. The summed E-state index contributed by atoms with van der Waals surface area (Å²) in [5, 5.41) is 0. The summed E-state index contributed by atoms with van der Waals surface area (Å²) in [7, 11) is 0. The number of benzene rings is 1. The quantitative estimate of drug-likeness (QED) is 0.486. The standard InChI is InChI=1S/C26H34N2O3/c1-3-4-23(29)15-19(2)21-7-9-24(10-8-21)31-25-12-14-28(17-25)22-11-13-27-26(16-22)30-18-20-5-6-20/h7-11,13,16,19-20,25H,3-6,12,14-15,17-18H2,1-2H3/t19-,25?/m1/s1. The number of nitrogens with zero attached hydrogens (tertiary/aromatic N) is 2. The van der Waals surface area contributed by atoms with Gasteiger partial charge in [-0.15, -0.1) is 0 Å². The van der Waals surface area contributed by atoms with Crippen LogP contribution in [0.1, 0.15) is 63.9 Å². The third-order valence-electron chi connectivity index (χ3n) is 6.21. The molecule has 2 aliphatic rings. The van der Waals surface area contributed by atoms with Crippen molar-refractivity contribution in [3.8, 4) is 11.6 Å². The summed E-state index contributed by atoms with van der Waals surface area (Å²) in [6, 6.07) is 12.4. The van der Waals surface area contributed by atoms with Gasteiger partial charge in [0, 0.05) is 43.8 Å². The van der Waals surface area contributed by atoms with Crippen molar-refractivity contribution in [2.24, 2.45) is 5.92 Å². The van der Waals surface area contributed by atoms with E-state index in [9.17, 15) is 4.79 Å². The molecule has 2 aromatic rings. The van der Waals surface area contributed by atoms with Crippen molar-refractivity contribution in [3.63, 3.8) is 0 Å².